The Morgan fingerprint density at radius 3 is 2.50 bits per heavy atom. The summed E-state index contributed by atoms with van der Waals surface area (Å²) in [6.07, 6.45) is 0. The molecule has 4 aromatic rings. The highest BCUT2D eigenvalue weighted by molar-refractivity contribution is 7.16. The maximum Gasteiger partial charge on any atom is 0.186 e. The summed E-state index contributed by atoms with van der Waals surface area (Å²) in [6.45, 7) is 1.92. The smallest absolute Gasteiger partial charge is 0.186 e. The van der Waals surface area contributed by atoms with Crippen LogP contribution in [0, 0.1) is 18.6 Å². The third-order valence-electron chi connectivity index (χ3n) is 4.30. The largest absolute Gasteiger partial charge is 0.248 e. The summed E-state index contributed by atoms with van der Waals surface area (Å²) in [7, 11) is 1.72. The van der Waals surface area contributed by atoms with E-state index in [0.29, 0.717) is 16.4 Å². The van der Waals surface area contributed by atoms with Crippen LogP contribution in [0.3, 0.4) is 0 Å². The van der Waals surface area contributed by atoms with E-state index in [1.165, 1.54) is 29.5 Å². The number of halogens is 4. The summed E-state index contributed by atoms with van der Waals surface area (Å²) < 4.78 is 30.1. The SMILES string of the molecule is Cc1sc(-c2ccc(Cl)cc2F)cc1-c1nc(-c2c(F)cccc2Cl)nn1C. The van der Waals surface area contributed by atoms with Crippen molar-refractivity contribution in [2.75, 3.05) is 0 Å². The number of aryl methyl sites for hydroxylation is 2. The molecular formula is C20H13Cl2F2N3S. The molecule has 0 atom stereocenters. The highest BCUT2D eigenvalue weighted by atomic mass is 35.5. The summed E-state index contributed by atoms with van der Waals surface area (Å²) in [5.74, 6) is -0.137. The fourth-order valence-electron chi connectivity index (χ4n) is 2.96. The maximum atomic E-state index is 14.3. The second-order valence-corrected chi connectivity index (χ2v) is 8.28. The Hall–Kier alpha value is -2.28. The van der Waals surface area contributed by atoms with Crippen LogP contribution >= 0.6 is 34.5 Å². The summed E-state index contributed by atoms with van der Waals surface area (Å²) in [4.78, 5) is 6.18. The summed E-state index contributed by atoms with van der Waals surface area (Å²) >= 11 is 13.4. The van der Waals surface area contributed by atoms with E-state index < -0.39 is 11.6 Å². The molecule has 0 radical (unpaired) electrons. The Kier molecular flexibility index (Phi) is 4.95. The van der Waals surface area contributed by atoms with E-state index in [0.717, 1.165) is 15.3 Å². The molecule has 0 saturated heterocycles. The van der Waals surface area contributed by atoms with Crippen molar-refractivity contribution >= 4 is 34.5 Å². The highest BCUT2D eigenvalue weighted by Crippen LogP contribution is 2.38. The first-order valence-corrected chi connectivity index (χ1v) is 9.84. The fourth-order valence-corrected chi connectivity index (χ4v) is 4.41. The molecule has 142 valence electrons. The average Bonchev–Trinajstić information content (AvgIpc) is 3.17. The van der Waals surface area contributed by atoms with Crippen molar-refractivity contribution < 1.29 is 8.78 Å². The standard InChI is InChI=1S/C20H13Cl2F2N3S/c1-10-13(9-17(28-10)12-7-6-11(21)8-16(12)24)20-25-19(26-27(20)2)18-14(22)4-3-5-15(18)23/h3-9H,1-2H3. The van der Waals surface area contributed by atoms with E-state index >= 15 is 0 Å². The van der Waals surface area contributed by atoms with Gasteiger partial charge in [-0.25, -0.2) is 18.4 Å². The molecular weight excluding hydrogens is 423 g/mol. The van der Waals surface area contributed by atoms with Gasteiger partial charge in [0.2, 0.25) is 0 Å². The van der Waals surface area contributed by atoms with Gasteiger partial charge in [0.25, 0.3) is 0 Å². The molecule has 0 aliphatic carbocycles. The topological polar surface area (TPSA) is 30.7 Å². The van der Waals surface area contributed by atoms with Crippen LogP contribution in [-0.2, 0) is 7.05 Å². The molecule has 0 spiro atoms. The van der Waals surface area contributed by atoms with Gasteiger partial charge in [-0.05, 0) is 43.3 Å². The summed E-state index contributed by atoms with van der Waals surface area (Å²) in [6, 6.07) is 10.9. The predicted molar refractivity (Wildman–Crippen MR) is 110 cm³/mol. The molecule has 0 aliphatic heterocycles. The summed E-state index contributed by atoms with van der Waals surface area (Å²) in [5.41, 5.74) is 1.41. The van der Waals surface area contributed by atoms with Crippen LogP contribution in [0.1, 0.15) is 4.88 Å². The van der Waals surface area contributed by atoms with Gasteiger partial charge in [0.1, 0.15) is 11.6 Å². The van der Waals surface area contributed by atoms with Gasteiger partial charge in [0.15, 0.2) is 11.6 Å². The lowest BCUT2D eigenvalue weighted by molar-refractivity contribution is 0.629. The lowest BCUT2D eigenvalue weighted by Gasteiger charge is -2.00. The molecule has 2 aromatic heterocycles. The molecule has 8 heteroatoms. The quantitative estimate of drug-likeness (QED) is 0.355. The van der Waals surface area contributed by atoms with E-state index in [2.05, 4.69) is 10.1 Å². The molecule has 0 amide bonds. The van der Waals surface area contributed by atoms with Crippen molar-refractivity contribution in [3.05, 3.63) is 69.0 Å². The lowest BCUT2D eigenvalue weighted by atomic mass is 10.1. The molecule has 0 fully saturated rings. The van der Waals surface area contributed by atoms with E-state index in [1.54, 1.807) is 29.9 Å². The van der Waals surface area contributed by atoms with Crippen molar-refractivity contribution in [3.63, 3.8) is 0 Å². The molecule has 0 bridgehead atoms. The van der Waals surface area contributed by atoms with Gasteiger partial charge < -0.3 is 0 Å². The van der Waals surface area contributed by atoms with E-state index in [-0.39, 0.29) is 16.4 Å². The Labute approximate surface area is 174 Å². The molecule has 0 saturated carbocycles. The third kappa shape index (κ3) is 3.32. The first-order valence-electron chi connectivity index (χ1n) is 8.27. The maximum absolute atomic E-state index is 14.3. The minimum atomic E-state index is -0.490. The minimum Gasteiger partial charge on any atom is -0.248 e. The third-order valence-corrected chi connectivity index (χ3v) is 5.94. The Balaban J connectivity index is 1.81. The van der Waals surface area contributed by atoms with E-state index in [4.69, 9.17) is 23.2 Å². The van der Waals surface area contributed by atoms with Gasteiger partial charge in [-0.3, -0.25) is 0 Å². The van der Waals surface area contributed by atoms with E-state index in [1.807, 2.05) is 13.0 Å². The zero-order valence-electron chi connectivity index (χ0n) is 14.8. The molecule has 0 N–H and O–H groups in total. The van der Waals surface area contributed by atoms with E-state index in [9.17, 15) is 8.78 Å². The lowest BCUT2D eigenvalue weighted by Crippen LogP contribution is -1.94. The van der Waals surface area contributed by atoms with Crippen LogP contribution in [0.15, 0.2) is 42.5 Å². The number of benzene rings is 2. The average molecular weight is 436 g/mol. The number of thiophene rings is 1. The van der Waals surface area contributed by atoms with Crippen LogP contribution in [0.5, 0.6) is 0 Å². The van der Waals surface area contributed by atoms with Crippen molar-refractivity contribution in [1.82, 2.24) is 14.8 Å². The van der Waals surface area contributed by atoms with Crippen LogP contribution in [0.4, 0.5) is 8.78 Å². The molecule has 2 heterocycles. The molecule has 28 heavy (non-hydrogen) atoms. The minimum absolute atomic E-state index is 0.155. The molecule has 4 rings (SSSR count). The first-order chi connectivity index (χ1) is 13.3. The Bertz CT molecular complexity index is 1180. The fraction of sp³-hybridized carbons (Fsp3) is 0.100. The normalized spacial score (nSPS) is 11.2. The van der Waals surface area contributed by atoms with Crippen molar-refractivity contribution in [2.24, 2.45) is 7.05 Å². The molecule has 3 nitrogen and oxygen atoms in total. The van der Waals surface area contributed by atoms with Gasteiger partial charge in [-0.1, -0.05) is 29.3 Å². The molecule has 2 aromatic carbocycles. The zero-order chi connectivity index (χ0) is 20.0. The van der Waals surface area contributed by atoms with Crippen LogP contribution in [0.2, 0.25) is 10.0 Å². The van der Waals surface area contributed by atoms with Crippen molar-refractivity contribution in [1.29, 1.82) is 0 Å². The zero-order valence-corrected chi connectivity index (χ0v) is 17.1. The van der Waals surface area contributed by atoms with Gasteiger partial charge in [0.05, 0.1) is 10.6 Å². The van der Waals surface area contributed by atoms with Crippen LogP contribution in [0.25, 0.3) is 33.2 Å². The predicted octanol–water partition coefficient (Wildman–Crippen LogP) is 6.77. The van der Waals surface area contributed by atoms with Crippen LogP contribution in [-0.4, -0.2) is 14.8 Å². The van der Waals surface area contributed by atoms with Crippen LogP contribution < -0.4 is 0 Å². The number of rotatable bonds is 3. The van der Waals surface area contributed by atoms with Gasteiger partial charge >= 0.3 is 0 Å². The number of hydrogen-bond acceptors (Lipinski definition) is 3. The first kappa shape index (κ1) is 19.1. The molecule has 0 unspecified atom stereocenters. The highest BCUT2D eigenvalue weighted by Gasteiger charge is 2.20. The van der Waals surface area contributed by atoms with Gasteiger partial charge in [-0.2, -0.15) is 5.10 Å². The van der Waals surface area contributed by atoms with Crippen molar-refractivity contribution in [2.45, 2.75) is 6.92 Å². The van der Waals surface area contributed by atoms with Gasteiger partial charge in [0, 0.05) is 33.0 Å². The Morgan fingerprint density at radius 1 is 1.00 bits per heavy atom. The van der Waals surface area contributed by atoms with Crippen molar-refractivity contribution in [3.8, 4) is 33.2 Å². The second-order valence-electron chi connectivity index (χ2n) is 6.18. The Morgan fingerprint density at radius 2 is 1.79 bits per heavy atom. The van der Waals surface area contributed by atoms with Gasteiger partial charge in [-0.15, -0.1) is 11.3 Å². The monoisotopic (exact) mass is 435 g/mol. The molecule has 0 aliphatic rings. The number of hydrogen-bond donors (Lipinski definition) is 0. The second kappa shape index (κ2) is 7.28. The summed E-state index contributed by atoms with van der Waals surface area (Å²) in [5, 5.41) is 4.91. The number of nitrogens with zero attached hydrogens (tertiary/aromatic N) is 3. The number of aromatic nitrogens is 3.